The van der Waals surface area contributed by atoms with Crippen molar-refractivity contribution in [3.63, 3.8) is 0 Å². The minimum Gasteiger partial charge on any atom is -0.344 e. The first-order valence-corrected chi connectivity index (χ1v) is 17.9. The number of amidine groups is 2. The van der Waals surface area contributed by atoms with Gasteiger partial charge in [-0.25, -0.2) is 9.98 Å². The molecule has 1 atom stereocenters. The zero-order valence-corrected chi connectivity index (χ0v) is 28.8. The number of aromatic nitrogens is 2. The number of hydrogen-bond donors (Lipinski definition) is 1. The number of para-hydroxylation sites is 2. The standard InChI is InChI=1S/C48H33N5/c1-4-13-33(14-5-1)46-50-47(34-15-6-2-7-16-34)52-48(51-46)35-25-23-32(24-26-35)37-30-41-39(20-12-21-43(41)49-31-37)36-27-28-45-42(29-36)40-19-10-11-22-44(40)53(45)38-17-8-3-9-18-38/h1-31,46H,(H,50,51,52). The van der Waals surface area contributed by atoms with Crippen molar-refractivity contribution < 1.29 is 0 Å². The van der Waals surface area contributed by atoms with Gasteiger partial charge in [-0.05, 0) is 64.7 Å². The minimum absolute atomic E-state index is 0.240. The molecule has 1 N–H and O–H groups in total. The van der Waals surface area contributed by atoms with Crippen molar-refractivity contribution >= 4 is 44.4 Å². The molecule has 9 aromatic rings. The number of pyridine rings is 1. The van der Waals surface area contributed by atoms with Gasteiger partial charge in [0.05, 0.1) is 16.6 Å². The molecule has 2 aromatic heterocycles. The van der Waals surface area contributed by atoms with Crippen LogP contribution in [0.2, 0.25) is 0 Å². The van der Waals surface area contributed by atoms with Gasteiger partial charge in [0.15, 0.2) is 5.84 Å². The lowest BCUT2D eigenvalue weighted by Crippen LogP contribution is -2.33. The molecule has 53 heavy (non-hydrogen) atoms. The van der Waals surface area contributed by atoms with E-state index in [0.29, 0.717) is 5.84 Å². The number of fused-ring (bicyclic) bond motifs is 4. The molecule has 0 fully saturated rings. The van der Waals surface area contributed by atoms with Crippen LogP contribution < -0.4 is 5.32 Å². The van der Waals surface area contributed by atoms with Gasteiger partial charge in [0, 0.05) is 44.7 Å². The Hall–Kier alpha value is -7.11. The molecule has 1 unspecified atom stereocenters. The second-order valence-electron chi connectivity index (χ2n) is 13.3. The van der Waals surface area contributed by atoms with Crippen LogP contribution in [0.3, 0.4) is 0 Å². The van der Waals surface area contributed by atoms with Gasteiger partial charge in [-0.3, -0.25) is 4.98 Å². The summed E-state index contributed by atoms with van der Waals surface area (Å²) in [7, 11) is 0. The Morgan fingerprint density at radius 1 is 0.472 bits per heavy atom. The highest BCUT2D eigenvalue weighted by Crippen LogP contribution is 2.37. The van der Waals surface area contributed by atoms with Gasteiger partial charge in [0.2, 0.25) is 0 Å². The summed E-state index contributed by atoms with van der Waals surface area (Å²) in [6, 6.07) is 63.8. The summed E-state index contributed by atoms with van der Waals surface area (Å²) in [5, 5.41) is 7.16. The third-order valence-electron chi connectivity index (χ3n) is 10.1. The summed E-state index contributed by atoms with van der Waals surface area (Å²) in [4.78, 5) is 14.9. The molecule has 0 radical (unpaired) electrons. The minimum atomic E-state index is -0.240. The average Bonchev–Trinajstić information content (AvgIpc) is 3.58. The number of nitrogens with zero attached hydrogens (tertiary/aromatic N) is 4. The van der Waals surface area contributed by atoms with Crippen molar-refractivity contribution in [1.29, 1.82) is 0 Å². The number of benzene rings is 7. The predicted molar refractivity (Wildman–Crippen MR) is 219 cm³/mol. The summed E-state index contributed by atoms with van der Waals surface area (Å²) in [5.41, 5.74) is 12.1. The molecule has 1 aliphatic rings. The highest BCUT2D eigenvalue weighted by Gasteiger charge is 2.21. The lowest BCUT2D eigenvalue weighted by Gasteiger charge is -2.23. The summed E-state index contributed by atoms with van der Waals surface area (Å²) in [5.74, 6) is 1.51. The normalized spacial score (nSPS) is 14.2. The summed E-state index contributed by atoms with van der Waals surface area (Å²) >= 11 is 0. The van der Waals surface area contributed by atoms with Crippen LogP contribution >= 0.6 is 0 Å². The maximum absolute atomic E-state index is 4.99. The Morgan fingerprint density at radius 3 is 1.94 bits per heavy atom. The lowest BCUT2D eigenvalue weighted by atomic mass is 9.96. The summed E-state index contributed by atoms with van der Waals surface area (Å²) < 4.78 is 2.35. The average molecular weight is 680 g/mol. The van der Waals surface area contributed by atoms with E-state index in [1.54, 1.807) is 0 Å². The van der Waals surface area contributed by atoms with Crippen molar-refractivity contribution in [3.8, 4) is 27.9 Å². The topological polar surface area (TPSA) is 54.6 Å². The van der Waals surface area contributed by atoms with Crippen LogP contribution in [-0.4, -0.2) is 21.2 Å². The smallest absolute Gasteiger partial charge is 0.159 e. The van der Waals surface area contributed by atoms with E-state index in [4.69, 9.17) is 15.0 Å². The highest BCUT2D eigenvalue weighted by molar-refractivity contribution is 6.13. The van der Waals surface area contributed by atoms with E-state index < -0.39 is 0 Å². The molecule has 0 saturated carbocycles. The Bertz CT molecular complexity index is 2840. The third kappa shape index (κ3) is 5.56. The van der Waals surface area contributed by atoms with E-state index in [9.17, 15) is 0 Å². The van der Waals surface area contributed by atoms with Gasteiger partial charge in [-0.15, -0.1) is 0 Å². The van der Waals surface area contributed by atoms with Crippen LogP contribution in [0.5, 0.6) is 0 Å². The number of rotatable bonds is 6. The first kappa shape index (κ1) is 30.7. The van der Waals surface area contributed by atoms with E-state index in [0.717, 1.165) is 55.8 Å². The highest BCUT2D eigenvalue weighted by atomic mass is 15.2. The molecular formula is C48H33N5. The van der Waals surface area contributed by atoms with Crippen molar-refractivity contribution in [2.45, 2.75) is 6.17 Å². The molecule has 0 saturated heterocycles. The molecule has 10 rings (SSSR count). The van der Waals surface area contributed by atoms with Crippen molar-refractivity contribution in [3.05, 3.63) is 205 Å². The Labute approximate surface area is 307 Å². The van der Waals surface area contributed by atoms with Crippen LogP contribution in [0.25, 0.3) is 60.6 Å². The van der Waals surface area contributed by atoms with Gasteiger partial charge in [-0.1, -0.05) is 140 Å². The van der Waals surface area contributed by atoms with Crippen LogP contribution in [0.15, 0.2) is 198 Å². The molecular weight excluding hydrogens is 647 g/mol. The largest absolute Gasteiger partial charge is 0.344 e. The number of hydrogen-bond acceptors (Lipinski definition) is 4. The van der Waals surface area contributed by atoms with Crippen LogP contribution in [0.4, 0.5) is 0 Å². The van der Waals surface area contributed by atoms with E-state index in [-0.39, 0.29) is 6.17 Å². The van der Waals surface area contributed by atoms with E-state index in [1.165, 1.54) is 27.4 Å². The van der Waals surface area contributed by atoms with Crippen LogP contribution in [0, 0.1) is 0 Å². The van der Waals surface area contributed by atoms with E-state index in [1.807, 2.05) is 42.6 Å². The summed E-state index contributed by atoms with van der Waals surface area (Å²) in [6.07, 6.45) is 1.73. The molecule has 5 heteroatoms. The Balaban J connectivity index is 1.02. The fraction of sp³-hybridized carbons (Fsp3) is 0.0208. The van der Waals surface area contributed by atoms with Crippen molar-refractivity contribution in [2.24, 2.45) is 9.98 Å². The van der Waals surface area contributed by atoms with Gasteiger partial charge in [0.1, 0.15) is 12.0 Å². The fourth-order valence-corrected chi connectivity index (χ4v) is 7.49. The number of aliphatic imine (C=N–C) groups is 2. The third-order valence-corrected chi connectivity index (χ3v) is 10.1. The van der Waals surface area contributed by atoms with E-state index >= 15 is 0 Å². The van der Waals surface area contributed by atoms with Crippen LogP contribution in [0.1, 0.15) is 22.9 Å². The first-order valence-electron chi connectivity index (χ1n) is 17.9. The maximum atomic E-state index is 4.99. The van der Waals surface area contributed by atoms with Crippen molar-refractivity contribution in [2.75, 3.05) is 0 Å². The molecule has 5 nitrogen and oxygen atoms in total. The predicted octanol–water partition coefficient (Wildman–Crippen LogP) is 11.2. The zero-order chi connectivity index (χ0) is 35.1. The van der Waals surface area contributed by atoms with Crippen LogP contribution in [-0.2, 0) is 0 Å². The molecule has 3 heterocycles. The van der Waals surface area contributed by atoms with Gasteiger partial charge in [0.25, 0.3) is 0 Å². The SMILES string of the molecule is c1ccc(C2=NC(c3ccccc3)NC(c3ccc(-c4cnc5cccc(-c6ccc7c(c6)c6ccccc6n7-c6ccccc6)c5c4)cc3)=N2)cc1. The zero-order valence-electron chi connectivity index (χ0n) is 28.8. The maximum Gasteiger partial charge on any atom is 0.159 e. The quantitative estimate of drug-likeness (QED) is 0.190. The molecule has 1 aliphatic heterocycles. The van der Waals surface area contributed by atoms with Gasteiger partial charge >= 0.3 is 0 Å². The molecule has 0 spiro atoms. The first-order chi connectivity index (χ1) is 26.3. The molecule has 0 aliphatic carbocycles. The van der Waals surface area contributed by atoms with E-state index in [2.05, 4.69) is 155 Å². The molecule has 0 amide bonds. The monoisotopic (exact) mass is 679 g/mol. The molecule has 7 aromatic carbocycles. The lowest BCUT2D eigenvalue weighted by molar-refractivity contribution is 0.674. The second kappa shape index (κ2) is 12.9. The van der Waals surface area contributed by atoms with Crippen molar-refractivity contribution in [1.82, 2.24) is 14.9 Å². The molecule has 0 bridgehead atoms. The Morgan fingerprint density at radius 2 is 1.13 bits per heavy atom. The fourth-order valence-electron chi connectivity index (χ4n) is 7.49. The Kier molecular flexibility index (Phi) is 7.47. The van der Waals surface area contributed by atoms with Gasteiger partial charge < -0.3 is 9.88 Å². The number of nitrogens with one attached hydrogen (secondary N) is 1. The molecule has 250 valence electrons. The summed E-state index contributed by atoms with van der Waals surface area (Å²) in [6.45, 7) is 0. The second-order valence-corrected chi connectivity index (χ2v) is 13.3. The van der Waals surface area contributed by atoms with Gasteiger partial charge in [-0.2, -0.15) is 0 Å².